The second kappa shape index (κ2) is 8.73. The first-order valence-electron chi connectivity index (χ1n) is 12.1. The molecule has 2 aliphatic heterocycles. The standard InChI is InChI=1S/C28H30ClFN4O2/c1-27(2,3)19-13-22(17-6-7-20(29)21(30)12-17)32-23-14-24(36-25(19)23)26(35)34-11-10-33(16-28(34,4)5)18-8-9-31-15-18/h6-8,12-15H,9-11,16H2,1-5H3. The van der Waals surface area contributed by atoms with Crippen LogP contribution in [0.5, 0.6) is 0 Å². The second-order valence-electron chi connectivity index (χ2n) is 11.1. The number of halogens is 2. The molecule has 0 saturated carbocycles. The quantitative estimate of drug-likeness (QED) is 0.429. The second-order valence-corrected chi connectivity index (χ2v) is 11.5. The number of rotatable bonds is 3. The first kappa shape index (κ1) is 24.5. The number of hydrogen-bond donors (Lipinski definition) is 0. The van der Waals surface area contributed by atoms with Gasteiger partial charge in [-0.3, -0.25) is 9.79 Å². The number of fused-ring (bicyclic) bond motifs is 1. The molecule has 4 heterocycles. The molecule has 1 amide bonds. The molecule has 0 aliphatic carbocycles. The fraction of sp³-hybridized carbons (Fsp3) is 0.393. The molecule has 2 aliphatic rings. The highest BCUT2D eigenvalue weighted by atomic mass is 35.5. The van der Waals surface area contributed by atoms with Crippen molar-refractivity contribution in [3.63, 3.8) is 0 Å². The van der Waals surface area contributed by atoms with E-state index in [4.69, 9.17) is 21.0 Å². The van der Waals surface area contributed by atoms with Gasteiger partial charge in [0.25, 0.3) is 5.91 Å². The van der Waals surface area contributed by atoms with Crippen LogP contribution in [0, 0.1) is 5.82 Å². The molecular formula is C28H30ClFN4O2. The van der Waals surface area contributed by atoms with Crippen LogP contribution in [0.25, 0.3) is 22.4 Å². The molecule has 0 bridgehead atoms. The molecule has 0 atom stereocenters. The van der Waals surface area contributed by atoms with E-state index in [0.29, 0.717) is 42.0 Å². The molecule has 1 saturated heterocycles. The third kappa shape index (κ3) is 4.41. The Morgan fingerprint density at radius 3 is 2.58 bits per heavy atom. The maximum atomic E-state index is 14.2. The van der Waals surface area contributed by atoms with Gasteiger partial charge < -0.3 is 14.2 Å². The molecule has 1 aromatic carbocycles. The first-order chi connectivity index (χ1) is 16.9. The van der Waals surface area contributed by atoms with Gasteiger partial charge in [0.2, 0.25) is 0 Å². The van der Waals surface area contributed by atoms with Gasteiger partial charge in [0.05, 0.1) is 28.5 Å². The van der Waals surface area contributed by atoms with Crippen LogP contribution in [0.3, 0.4) is 0 Å². The van der Waals surface area contributed by atoms with E-state index in [9.17, 15) is 9.18 Å². The van der Waals surface area contributed by atoms with Crippen molar-refractivity contribution in [2.45, 2.75) is 45.6 Å². The molecule has 0 radical (unpaired) electrons. The molecule has 0 spiro atoms. The number of amides is 1. The van der Waals surface area contributed by atoms with Crippen molar-refractivity contribution < 1.29 is 13.6 Å². The summed E-state index contributed by atoms with van der Waals surface area (Å²) in [6, 6.07) is 8.25. The zero-order chi connectivity index (χ0) is 25.8. The normalized spacial score (nSPS) is 17.7. The summed E-state index contributed by atoms with van der Waals surface area (Å²) in [5.41, 5.74) is 3.67. The van der Waals surface area contributed by atoms with Crippen LogP contribution in [0.2, 0.25) is 5.02 Å². The van der Waals surface area contributed by atoms with E-state index in [1.165, 1.54) is 12.1 Å². The number of aromatic nitrogens is 1. The number of carbonyl (C=O) groups excluding carboxylic acids is 1. The monoisotopic (exact) mass is 508 g/mol. The van der Waals surface area contributed by atoms with E-state index < -0.39 is 11.4 Å². The average molecular weight is 509 g/mol. The summed E-state index contributed by atoms with van der Waals surface area (Å²) in [6.45, 7) is 13.1. The molecule has 0 unspecified atom stereocenters. The Labute approximate surface area is 215 Å². The van der Waals surface area contributed by atoms with Crippen molar-refractivity contribution in [1.29, 1.82) is 0 Å². The van der Waals surface area contributed by atoms with Crippen LogP contribution >= 0.6 is 11.6 Å². The summed E-state index contributed by atoms with van der Waals surface area (Å²) in [5.74, 6) is -0.409. The lowest BCUT2D eigenvalue weighted by atomic mass is 9.86. The van der Waals surface area contributed by atoms with E-state index in [1.807, 2.05) is 17.2 Å². The van der Waals surface area contributed by atoms with E-state index in [1.54, 1.807) is 12.1 Å². The fourth-order valence-electron chi connectivity index (χ4n) is 4.93. The van der Waals surface area contributed by atoms with E-state index in [-0.39, 0.29) is 22.1 Å². The van der Waals surface area contributed by atoms with Crippen LogP contribution in [0.15, 0.2) is 51.5 Å². The van der Waals surface area contributed by atoms with Gasteiger partial charge in [-0.05, 0) is 43.5 Å². The van der Waals surface area contributed by atoms with Crippen LogP contribution < -0.4 is 0 Å². The number of furan rings is 1. The molecule has 1 fully saturated rings. The van der Waals surface area contributed by atoms with Crippen LogP contribution in [0.1, 0.15) is 50.7 Å². The molecule has 188 valence electrons. The van der Waals surface area contributed by atoms with Crippen molar-refractivity contribution >= 4 is 34.8 Å². The fourth-order valence-corrected chi connectivity index (χ4v) is 5.05. The van der Waals surface area contributed by atoms with Crippen LogP contribution in [-0.4, -0.2) is 58.6 Å². The Hall–Kier alpha value is -3.19. The molecule has 6 nitrogen and oxygen atoms in total. The Morgan fingerprint density at radius 1 is 1.17 bits per heavy atom. The highest BCUT2D eigenvalue weighted by Crippen LogP contribution is 2.36. The summed E-state index contributed by atoms with van der Waals surface area (Å²) in [5, 5.41) is 0.0614. The first-order valence-corrected chi connectivity index (χ1v) is 12.5. The predicted molar refractivity (Wildman–Crippen MR) is 141 cm³/mol. The van der Waals surface area contributed by atoms with Crippen LogP contribution in [0.4, 0.5) is 4.39 Å². The van der Waals surface area contributed by atoms with Gasteiger partial charge in [-0.25, -0.2) is 9.37 Å². The minimum atomic E-state index is -0.502. The zero-order valence-electron chi connectivity index (χ0n) is 21.2. The lowest BCUT2D eigenvalue weighted by molar-refractivity contribution is 0.0255. The van der Waals surface area contributed by atoms with Gasteiger partial charge in [0, 0.05) is 43.0 Å². The summed E-state index contributed by atoms with van der Waals surface area (Å²) in [7, 11) is 0. The number of benzene rings is 1. The summed E-state index contributed by atoms with van der Waals surface area (Å²) < 4.78 is 20.4. The Bertz CT molecular complexity index is 1420. The van der Waals surface area contributed by atoms with Crippen molar-refractivity contribution in [3.8, 4) is 11.3 Å². The largest absolute Gasteiger partial charge is 0.449 e. The van der Waals surface area contributed by atoms with E-state index in [2.05, 4.69) is 50.6 Å². The number of pyridine rings is 1. The molecule has 3 aromatic rings. The van der Waals surface area contributed by atoms with Gasteiger partial charge in [0.15, 0.2) is 11.3 Å². The van der Waals surface area contributed by atoms with Crippen molar-refractivity contribution in [2.24, 2.45) is 4.99 Å². The lowest BCUT2D eigenvalue weighted by Crippen LogP contribution is -2.60. The Kier molecular flexibility index (Phi) is 5.94. The third-order valence-electron chi connectivity index (χ3n) is 6.85. The van der Waals surface area contributed by atoms with Gasteiger partial charge in [-0.15, -0.1) is 0 Å². The van der Waals surface area contributed by atoms with Gasteiger partial charge in [-0.1, -0.05) is 38.4 Å². The molecule has 2 aromatic heterocycles. The van der Waals surface area contributed by atoms with Gasteiger partial charge >= 0.3 is 0 Å². The smallest absolute Gasteiger partial charge is 0.290 e. The van der Waals surface area contributed by atoms with E-state index >= 15 is 0 Å². The summed E-state index contributed by atoms with van der Waals surface area (Å²) >= 11 is 5.88. The number of hydrogen-bond acceptors (Lipinski definition) is 5. The number of carbonyl (C=O) groups is 1. The molecule has 0 N–H and O–H groups in total. The minimum absolute atomic E-state index is 0.0614. The maximum absolute atomic E-state index is 14.2. The molecular weight excluding hydrogens is 479 g/mol. The van der Waals surface area contributed by atoms with Crippen molar-refractivity contribution in [2.75, 3.05) is 26.2 Å². The summed E-state index contributed by atoms with van der Waals surface area (Å²) in [4.78, 5) is 26.9. The summed E-state index contributed by atoms with van der Waals surface area (Å²) in [6.07, 6.45) is 4.01. The SMILES string of the molecule is CC(C)(C)c1cc(-c2ccc(Cl)c(F)c2)nc2cc(C(=O)N3CCN(C4=CCN=C4)CC3(C)C)oc12. The van der Waals surface area contributed by atoms with Crippen molar-refractivity contribution in [1.82, 2.24) is 14.8 Å². The van der Waals surface area contributed by atoms with Gasteiger partial charge in [-0.2, -0.15) is 0 Å². The molecule has 36 heavy (non-hydrogen) atoms. The third-order valence-corrected chi connectivity index (χ3v) is 7.16. The minimum Gasteiger partial charge on any atom is -0.449 e. The molecule has 5 rings (SSSR count). The highest BCUT2D eigenvalue weighted by Gasteiger charge is 2.39. The topological polar surface area (TPSA) is 61.9 Å². The lowest BCUT2D eigenvalue weighted by Gasteiger charge is -2.47. The Balaban J connectivity index is 1.51. The number of allylic oxidation sites excluding steroid dienone is 1. The number of aliphatic imine (C=N–C) groups is 1. The van der Waals surface area contributed by atoms with Gasteiger partial charge in [0.1, 0.15) is 11.3 Å². The number of piperazine rings is 1. The average Bonchev–Trinajstić information content (AvgIpc) is 3.48. The van der Waals surface area contributed by atoms with E-state index in [0.717, 1.165) is 17.8 Å². The van der Waals surface area contributed by atoms with Crippen molar-refractivity contribution in [3.05, 3.63) is 64.3 Å². The number of nitrogens with zero attached hydrogens (tertiary/aromatic N) is 4. The predicted octanol–water partition coefficient (Wildman–Crippen LogP) is 6.09. The Morgan fingerprint density at radius 2 is 1.94 bits per heavy atom. The van der Waals surface area contributed by atoms with Crippen LogP contribution in [-0.2, 0) is 5.41 Å². The maximum Gasteiger partial charge on any atom is 0.290 e. The zero-order valence-corrected chi connectivity index (χ0v) is 22.0. The molecule has 8 heteroatoms. The highest BCUT2D eigenvalue weighted by molar-refractivity contribution is 6.30.